The molecule has 4 aromatic carbocycles. The maximum Gasteiger partial charge on any atom is 0.269 e. The van der Waals surface area contributed by atoms with Gasteiger partial charge in [-0.3, -0.25) is 9.69 Å². The van der Waals surface area contributed by atoms with E-state index in [-0.39, 0.29) is 11.9 Å². The van der Waals surface area contributed by atoms with Crippen LogP contribution < -0.4 is 10.6 Å². The largest absolute Gasteiger partial charge is 0.368 e. The van der Waals surface area contributed by atoms with Crippen molar-refractivity contribution in [3.05, 3.63) is 135 Å². The zero-order chi connectivity index (χ0) is 26.4. The van der Waals surface area contributed by atoms with Crippen LogP contribution >= 0.6 is 23.2 Å². The predicted octanol–water partition coefficient (Wildman–Crippen LogP) is 6.28. The number of amides is 1. The summed E-state index contributed by atoms with van der Waals surface area (Å²) in [7, 11) is 0. The number of nitrogens with zero attached hydrogens (tertiary/aromatic N) is 4. The average Bonchev–Trinajstić information content (AvgIpc) is 3.17. The number of rotatable bonds is 4. The molecule has 188 valence electrons. The summed E-state index contributed by atoms with van der Waals surface area (Å²) in [6.45, 7) is 2.02. The van der Waals surface area contributed by atoms with Gasteiger partial charge >= 0.3 is 0 Å². The molecule has 0 radical (unpaired) electrons. The van der Waals surface area contributed by atoms with E-state index >= 15 is 0 Å². The molecular formula is C30H23Cl2N5O. The quantitative estimate of drug-likeness (QED) is 0.331. The lowest BCUT2D eigenvalue weighted by Crippen LogP contribution is -2.51. The van der Waals surface area contributed by atoms with Crippen LogP contribution in [0.2, 0.25) is 10.0 Å². The molecule has 1 saturated heterocycles. The van der Waals surface area contributed by atoms with E-state index < -0.39 is 11.7 Å². The van der Waals surface area contributed by atoms with Crippen molar-refractivity contribution in [2.24, 2.45) is 15.7 Å². The van der Waals surface area contributed by atoms with Crippen LogP contribution in [0.15, 0.2) is 113 Å². The molecule has 6 nitrogen and oxygen atoms in total. The Labute approximate surface area is 230 Å². The summed E-state index contributed by atoms with van der Waals surface area (Å²) in [5, 5.41) is 0.800. The van der Waals surface area contributed by atoms with Crippen LogP contribution in [-0.2, 0) is 10.3 Å². The second-order valence-electron chi connectivity index (χ2n) is 9.27. The fourth-order valence-electron chi connectivity index (χ4n) is 5.33. The molecule has 8 heteroatoms. The Kier molecular flexibility index (Phi) is 5.94. The van der Waals surface area contributed by atoms with Gasteiger partial charge < -0.3 is 5.73 Å². The van der Waals surface area contributed by atoms with Gasteiger partial charge in [-0.15, -0.1) is 0 Å². The Hall–Kier alpha value is -4.13. The van der Waals surface area contributed by atoms with Crippen LogP contribution in [0.4, 0.5) is 5.69 Å². The van der Waals surface area contributed by atoms with Gasteiger partial charge in [0.25, 0.3) is 5.91 Å². The molecular weight excluding hydrogens is 517 g/mol. The maximum absolute atomic E-state index is 15.0. The van der Waals surface area contributed by atoms with Crippen molar-refractivity contribution in [1.82, 2.24) is 4.90 Å². The zero-order valence-corrected chi connectivity index (χ0v) is 21.9. The number of halogens is 2. The number of aryl methyl sites for hydroxylation is 1. The lowest BCUT2D eigenvalue weighted by atomic mass is 9.80. The fourth-order valence-corrected chi connectivity index (χ4v) is 5.84. The maximum atomic E-state index is 15.0. The molecule has 2 aliphatic rings. The number of fused-ring (bicyclic) bond motifs is 1. The molecule has 2 N–H and O–H groups in total. The highest BCUT2D eigenvalue weighted by Gasteiger charge is 2.62. The smallest absolute Gasteiger partial charge is 0.269 e. The third kappa shape index (κ3) is 3.76. The van der Waals surface area contributed by atoms with E-state index in [1.165, 1.54) is 0 Å². The number of nitrogens with two attached hydrogens (primary N) is 1. The van der Waals surface area contributed by atoms with E-state index in [1.807, 2.05) is 90.7 Å². The number of hydrogen-bond acceptors (Lipinski definition) is 5. The van der Waals surface area contributed by atoms with Gasteiger partial charge in [0, 0.05) is 10.0 Å². The molecule has 0 spiro atoms. The topological polar surface area (TPSA) is 74.3 Å². The third-order valence-electron chi connectivity index (χ3n) is 6.83. The van der Waals surface area contributed by atoms with Gasteiger partial charge in [-0.05, 0) is 41.8 Å². The third-order valence-corrected chi connectivity index (χ3v) is 7.27. The Bertz CT molecular complexity index is 1540. The number of carbonyl (C=O) groups excluding carboxylic acids is 1. The summed E-state index contributed by atoms with van der Waals surface area (Å²) in [5.41, 5.74) is 8.98. The van der Waals surface area contributed by atoms with Gasteiger partial charge in [0.15, 0.2) is 11.7 Å². The first-order valence-corrected chi connectivity index (χ1v) is 12.8. The number of aliphatic imine (C=N–C) groups is 2. The number of guanidine groups is 2. The highest BCUT2D eigenvalue weighted by molar-refractivity contribution is 6.36. The first kappa shape index (κ1) is 24.2. The molecule has 1 atom stereocenters. The van der Waals surface area contributed by atoms with Crippen molar-refractivity contribution in [3.63, 3.8) is 0 Å². The first-order chi connectivity index (χ1) is 18.4. The minimum Gasteiger partial charge on any atom is -0.368 e. The zero-order valence-electron chi connectivity index (χ0n) is 20.4. The molecule has 2 heterocycles. The fraction of sp³-hybridized carbons (Fsp3) is 0.100. The van der Waals surface area contributed by atoms with Gasteiger partial charge in [0.1, 0.15) is 0 Å². The van der Waals surface area contributed by atoms with Crippen LogP contribution in [0.25, 0.3) is 0 Å². The van der Waals surface area contributed by atoms with Crippen molar-refractivity contribution in [1.29, 1.82) is 0 Å². The van der Waals surface area contributed by atoms with E-state index in [9.17, 15) is 4.79 Å². The van der Waals surface area contributed by atoms with E-state index in [4.69, 9.17) is 33.9 Å². The van der Waals surface area contributed by atoms with E-state index in [0.29, 0.717) is 21.7 Å². The number of hydrogen-bond donors (Lipinski definition) is 1. The molecule has 4 aromatic rings. The Morgan fingerprint density at radius 3 is 2.00 bits per heavy atom. The summed E-state index contributed by atoms with van der Waals surface area (Å²) in [6, 6.07) is 32.4. The van der Waals surface area contributed by atoms with Gasteiger partial charge in [-0.2, -0.15) is 4.99 Å². The highest BCUT2D eigenvalue weighted by atomic mass is 35.5. The normalized spacial score (nSPS) is 18.2. The molecule has 1 fully saturated rings. The van der Waals surface area contributed by atoms with Crippen molar-refractivity contribution in [3.8, 4) is 0 Å². The summed E-state index contributed by atoms with van der Waals surface area (Å²) in [4.78, 5) is 27.9. The minimum absolute atomic E-state index is 0.0746. The van der Waals surface area contributed by atoms with Gasteiger partial charge in [0.2, 0.25) is 11.9 Å². The molecule has 1 amide bonds. The Balaban J connectivity index is 1.71. The second kappa shape index (κ2) is 9.31. The number of anilines is 1. The summed E-state index contributed by atoms with van der Waals surface area (Å²) < 4.78 is 0. The van der Waals surface area contributed by atoms with Crippen molar-refractivity contribution in [2.75, 3.05) is 4.90 Å². The average molecular weight is 540 g/mol. The number of carbonyl (C=O) groups is 1. The van der Waals surface area contributed by atoms with Gasteiger partial charge in [0.05, 0.1) is 5.69 Å². The molecule has 0 saturated carbocycles. The second-order valence-corrected chi connectivity index (χ2v) is 10.1. The molecule has 0 aromatic heterocycles. The van der Waals surface area contributed by atoms with E-state index in [2.05, 4.69) is 11.1 Å². The summed E-state index contributed by atoms with van der Waals surface area (Å²) in [6.07, 6.45) is -0.633. The predicted molar refractivity (Wildman–Crippen MR) is 152 cm³/mol. The van der Waals surface area contributed by atoms with Gasteiger partial charge in [-0.1, -0.05) is 114 Å². The Morgan fingerprint density at radius 1 is 0.816 bits per heavy atom. The summed E-state index contributed by atoms with van der Waals surface area (Å²) >= 11 is 12.8. The Morgan fingerprint density at radius 2 is 1.42 bits per heavy atom. The van der Waals surface area contributed by atoms with Crippen LogP contribution in [-0.4, -0.2) is 22.7 Å². The molecule has 1 unspecified atom stereocenters. The van der Waals surface area contributed by atoms with Crippen molar-refractivity contribution in [2.45, 2.75) is 18.6 Å². The van der Waals surface area contributed by atoms with Crippen LogP contribution in [0.1, 0.15) is 28.4 Å². The lowest BCUT2D eigenvalue weighted by molar-refractivity contribution is -0.124. The van der Waals surface area contributed by atoms with E-state index in [0.717, 1.165) is 22.3 Å². The molecule has 0 aliphatic carbocycles. The van der Waals surface area contributed by atoms with Crippen molar-refractivity contribution < 1.29 is 4.79 Å². The highest BCUT2D eigenvalue weighted by Crippen LogP contribution is 2.50. The SMILES string of the molecule is Cc1cccc(C2N=C(N)N=C3N(c4cc(Cl)cc(Cl)c4)C(=O)C(c4ccccc4)(c4ccccc4)N32)c1. The molecule has 38 heavy (non-hydrogen) atoms. The molecule has 2 aliphatic heterocycles. The molecule has 0 bridgehead atoms. The lowest BCUT2D eigenvalue weighted by Gasteiger charge is -2.41. The molecule has 6 rings (SSSR count). The summed E-state index contributed by atoms with van der Waals surface area (Å²) in [5.74, 6) is 0.181. The first-order valence-electron chi connectivity index (χ1n) is 12.1. The number of benzene rings is 4. The monoisotopic (exact) mass is 539 g/mol. The van der Waals surface area contributed by atoms with Crippen LogP contribution in [0, 0.1) is 6.92 Å². The van der Waals surface area contributed by atoms with Crippen LogP contribution in [0.3, 0.4) is 0 Å². The van der Waals surface area contributed by atoms with Crippen molar-refractivity contribution >= 4 is 46.7 Å². The van der Waals surface area contributed by atoms with Crippen LogP contribution in [0.5, 0.6) is 0 Å². The standard InChI is InChI=1S/C30H23Cl2N5O/c1-19-9-8-10-20(15-19)26-34-28(33)35-29-36(25-17-23(31)16-24(32)18-25)27(38)30(37(26)29,21-11-4-2-5-12-21)22-13-6-3-7-14-22/h2-18,26H,1H3,(H2,33,34). The minimum atomic E-state index is -1.31. The van der Waals surface area contributed by atoms with Gasteiger partial charge in [-0.25, -0.2) is 9.89 Å². The van der Waals surface area contributed by atoms with E-state index in [1.54, 1.807) is 23.1 Å².